The molecule has 0 bridgehead atoms. The average molecular weight is 360 g/mol. The van der Waals surface area contributed by atoms with Crippen LogP contribution in [0.25, 0.3) is 0 Å². The van der Waals surface area contributed by atoms with Crippen LogP contribution in [0.2, 0.25) is 5.02 Å². The highest BCUT2D eigenvalue weighted by atomic mass is 35.5. The number of carbonyl (C=O) groups is 2. The topological polar surface area (TPSA) is 70.2 Å². The smallest absolute Gasteiger partial charge is 0.251 e. The van der Waals surface area contributed by atoms with Gasteiger partial charge in [0.15, 0.2) is 0 Å². The molecule has 2 amide bonds. The predicted octanol–water partition coefficient (Wildman–Crippen LogP) is 3.84. The molecule has 5 nitrogen and oxygen atoms in total. The molecule has 0 aliphatic carbocycles. The molecule has 0 aliphatic rings. The van der Waals surface area contributed by atoms with Gasteiger partial charge in [0, 0.05) is 28.0 Å². The fourth-order valence-corrected chi connectivity index (χ4v) is 2.35. The summed E-state index contributed by atoms with van der Waals surface area (Å²) >= 11 is 6.06. The van der Waals surface area contributed by atoms with Gasteiger partial charge < -0.3 is 16.0 Å². The molecule has 0 atom stereocenters. The third kappa shape index (κ3) is 5.80. The van der Waals surface area contributed by atoms with Crippen molar-refractivity contribution in [1.29, 1.82) is 0 Å². The normalized spacial score (nSPS) is 10.4. The Hall–Kier alpha value is -2.53. The average Bonchev–Trinajstić information content (AvgIpc) is 2.55. The van der Waals surface area contributed by atoms with Gasteiger partial charge in [-0.3, -0.25) is 9.59 Å². The molecular weight excluding hydrogens is 338 g/mol. The predicted molar refractivity (Wildman–Crippen MR) is 102 cm³/mol. The highest BCUT2D eigenvalue weighted by molar-refractivity contribution is 6.31. The molecule has 0 spiro atoms. The summed E-state index contributed by atoms with van der Waals surface area (Å²) < 4.78 is 0. The molecule has 2 aromatic rings. The first-order valence-corrected chi connectivity index (χ1v) is 8.44. The number of hydrogen-bond donors (Lipinski definition) is 3. The van der Waals surface area contributed by atoms with Gasteiger partial charge >= 0.3 is 0 Å². The van der Waals surface area contributed by atoms with Crippen molar-refractivity contribution >= 4 is 34.8 Å². The highest BCUT2D eigenvalue weighted by Gasteiger charge is 2.09. The van der Waals surface area contributed by atoms with Crippen molar-refractivity contribution in [1.82, 2.24) is 5.32 Å². The van der Waals surface area contributed by atoms with Crippen LogP contribution in [0.4, 0.5) is 11.4 Å². The second-order valence-electron chi connectivity index (χ2n) is 6.07. The van der Waals surface area contributed by atoms with Crippen molar-refractivity contribution in [2.45, 2.75) is 26.8 Å². The van der Waals surface area contributed by atoms with E-state index >= 15 is 0 Å². The van der Waals surface area contributed by atoms with Crippen molar-refractivity contribution in [2.75, 3.05) is 17.2 Å². The van der Waals surface area contributed by atoms with E-state index in [0.29, 0.717) is 16.3 Å². The maximum Gasteiger partial charge on any atom is 0.251 e. The van der Waals surface area contributed by atoms with E-state index < -0.39 is 0 Å². The van der Waals surface area contributed by atoms with E-state index in [1.165, 1.54) is 0 Å². The van der Waals surface area contributed by atoms with E-state index in [0.717, 1.165) is 11.3 Å². The SMILES string of the molecule is Cc1ccc(NCC(=O)Nc2cccc(C(=O)NC(C)C)c2)cc1Cl. The molecule has 2 rings (SSSR count). The van der Waals surface area contributed by atoms with Crippen LogP contribution >= 0.6 is 11.6 Å². The minimum Gasteiger partial charge on any atom is -0.376 e. The molecular formula is C19H22ClN3O2. The van der Waals surface area contributed by atoms with E-state index in [1.807, 2.05) is 32.9 Å². The molecule has 0 heterocycles. The van der Waals surface area contributed by atoms with Crippen LogP contribution < -0.4 is 16.0 Å². The van der Waals surface area contributed by atoms with Crippen molar-refractivity contribution in [3.8, 4) is 0 Å². The number of rotatable bonds is 6. The molecule has 3 N–H and O–H groups in total. The minimum absolute atomic E-state index is 0.0521. The summed E-state index contributed by atoms with van der Waals surface area (Å²) in [6.07, 6.45) is 0. The van der Waals surface area contributed by atoms with E-state index in [4.69, 9.17) is 11.6 Å². The summed E-state index contributed by atoms with van der Waals surface area (Å²) in [6.45, 7) is 5.81. The van der Waals surface area contributed by atoms with Crippen LogP contribution in [-0.2, 0) is 4.79 Å². The Labute approximate surface area is 152 Å². The number of hydrogen-bond acceptors (Lipinski definition) is 3. The van der Waals surface area contributed by atoms with Crippen LogP contribution in [0.1, 0.15) is 29.8 Å². The van der Waals surface area contributed by atoms with Gasteiger partial charge in [-0.15, -0.1) is 0 Å². The fraction of sp³-hybridized carbons (Fsp3) is 0.263. The Kier molecular flexibility index (Phi) is 6.42. The van der Waals surface area contributed by atoms with Gasteiger partial charge in [0.25, 0.3) is 5.91 Å². The van der Waals surface area contributed by atoms with Crippen LogP contribution in [0.3, 0.4) is 0 Å². The van der Waals surface area contributed by atoms with Crippen molar-refractivity contribution in [3.63, 3.8) is 0 Å². The van der Waals surface area contributed by atoms with Crippen LogP contribution in [-0.4, -0.2) is 24.4 Å². The third-order valence-corrected chi connectivity index (χ3v) is 3.86. The van der Waals surface area contributed by atoms with Crippen LogP contribution in [0.15, 0.2) is 42.5 Å². The molecule has 0 unspecified atom stereocenters. The summed E-state index contributed by atoms with van der Waals surface area (Å²) in [6, 6.07) is 12.4. The number of carbonyl (C=O) groups excluding carboxylic acids is 2. The first-order valence-electron chi connectivity index (χ1n) is 8.06. The highest BCUT2D eigenvalue weighted by Crippen LogP contribution is 2.19. The Morgan fingerprint density at radius 1 is 1.08 bits per heavy atom. The zero-order valence-corrected chi connectivity index (χ0v) is 15.3. The van der Waals surface area contributed by atoms with E-state index in [2.05, 4.69) is 16.0 Å². The van der Waals surface area contributed by atoms with E-state index in [9.17, 15) is 9.59 Å². The van der Waals surface area contributed by atoms with Gasteiger partial charge in [-0.1, -0.05) is 23.7 Å². The standard InChI is InChI=1S/C19H22ClN3O2/c1-12(2)22-19(25)14-5-4-6-16(9-14)23-18(24)11-21-15-8-7-13(3)17(20)10-15/h4-10,12,21H,11H2,1-3H3,(H,22,25)(H,23,24). The number of aryl methyl sites for hydroxylation is 1. The van der Waals surface area contributed by atoms with Crippen molar-refractivity contribution < 1.29 is 9.59 Å². The maximum atomic E-state index is 12.1. The Balaban J connectivity index is 1.93. The number of benzene rings is 2. The first-order chi connectivity index (χ1) is 11.8. The second kappa shape index (κ2) is 8.53. The van der Waals surface area contributed by atoms with Crippen LogP contribution in [0, 0.1) is 6.92 Å². The molecule has 2 aromatic carbocycles. The minimum atomic E-state index is -0.210. The quantitative estimate of drug-likeness (QED) is 0.734. The number of halogens is 1. The number of amides is 2. The second-order valence-corrected chi connectivity index (χ2v) is 6.48. The first kappa shape index (κ1) is 18.8. The Bertz CT molecular complexity index is 775. The molecule has 0 radical (unpaired) electrons. The molecule has 132 valence electrons. The van der Waals surface area contributed by atoms with Gasteiger partial charge in [0.1, 0.15) is 0 Å². The Morgan fingerprint density at radius 3 is 2.52 bits per heavy atom. The summed E-state index contributed by atoms with van der Waals surface area (Å²) in [4.78, 5) is 24.1. The summed E-state index contributed by atoms with van der Waals surface area (Å²) in [5.74, 6) is -0.378. The lowest BCUT2D eigenvalue weighted by molar-refractivity contribution is -0.114. The lowest BCUT2D eigenvalue weighted by Gasteiger charge is -2.11. The molecule has 0 aliphatic heterocycles. The number of nitrogens with one attached hydrogen (secondary N) is 3. The van der Waals surface area contributed by atoms with Gasteiger partial charge in [-0.2, -0.15) is 0 Å². The van der Waals surface area contributed by atoms with E-state index in [1.54, 1.807) is 30.3 Å². The van der Waals surface area contributed by atoms with Gasteiger partial charge in [-0.05, 0) is 56.7 Å². The lowest BCUT2D eigenvalue weighted by atomic mass is 10.1. The molecule has 6 heteroatoms. The fourth-order valence-electron chi connectivity index (χ4n) is 2.17. The van der Waals surface area contributed by atoms with Gasteiger partial charge in [0.2, 0.25) is 5.91 Å². The molecule has 0 aromatic heterocycles. The largest absolute Gasteiger partial charge is 0.376 e. The molecule has 25 heavy (non-hydrogen) atoms. The summed E-state index contributed by atoms with van der Waals surface area (Å²) in [5.41, 5.74) is 2.83. The van der Waals surface area contributed by atoms with Crippen molar-refractivity contribution in [2.24, 2.45) is 0 Å². The summed E-state index contributed by atoms with van der Waals surface area (Å²) in [5, 5.41) is 9.26. The van der Waals surface area contributed by atoms with Crippen molar-refractivity contribution in [3.05, 3.63) is 58.6 Å². The van der Waals surface area contributed by atoms with Crippen LogP contribution in [0.5, 0.6) is 0 Å². The summed E-state index contributed by atoms with van der Waals surface area (Å²) in [7, 11) is 0. The third-order valence-electron chi connectivity index (χ3n) is 3.45. The zero-order chi connectivity index (χ0) is 18.4. The maximum absolute atomic E-state index is 12.1. The van der Waals surface area contributed by atoms with Gasteiger partial charge in [-0.25, -0.2) is 0 Å². The molecule has 0 saturated heterocycles. The zero-order valence-electron chi connectivity index (χ0n) is 14.5. The van der Waals surface area contributed by atoms with Gasteiger partial charge in [0.05, 0.1) is 6.54 Å². The lowest BCUT2D eigenvalue weighted by Crippen LogP contribution is -2.30. The monoisotopic (exact) mass is 359 g/mol. The Morgan fingerprint density at radius 2 is 1.84 bits per heavy atom. The van der Waals surface area contributed by atoms with E-state index in [-0.39, 0.29) is 24.4 Å². The number of anilines is 2. The molecule has 0 saturated carbocycles. The molecule has 0 fully saturated rings.